The summed E-state index contributed by atoms with van der Waals surface area (Å²) in [6.45, 7) is 10.7. The second-order valence-electron chi connectivity index (χ2n) is 4.36. The topological polar surface area (TPSA) is 38.0 Å². The highest BCUT2D eigenvalue weighted by Crippen LogP contribution is 2.03. The molecule has 0 radical (unpaired) electrons. The summed E-state index contributed by atoms with van der Waals surface area (Å²) in [7, 11) is 0. The van der Waals surface area contributed by atoms with Gasteiger partial charge in [0, 0.05) is 12.6 Å². The average Bonchev–Trinajstić information content (AvgIpc) is 1.97. The van der Waals surface area contributed by atoms with Crippen molar-refractivity contribution in [1.29, 1.82) is 0 Å². The minimum absolute atomic E-state index is 0.507. The van der Waals surface area contributed by atoms with E-state index in [1.807, 2.05) is 0 Å². The van der Waals surface area contributed by atoms with Crippen molar-refractivity contribution in [2.45, 2.75) is 40.2 Å². The van der Waals surface area contributed by atoms with E-state index in [-0.39, 0.29) is 0 Å². The second kappa shape index (κ2) is 6.44. The predicted molar refractivity (Wildman–Crippen MR) is 55.1 cm³/mol. The lowest BCUT2D eigenvalue weighted by Gasteiger charge is -2.19. The van der Waals surface area contributed by atoms with Gasteiger partial charge in [0.25, 0.3) is 0 Å². The molecule has 12 heavy (non-hydrogen) atoms. The Kier molecular flexibility index (Phi) is 6.39. The molecule has 1 atom stereocenters. The number of hydrogen-bond donors (Lipinski definition) is 2. The monoisotopic (exact) mass is 172 g/mol. The van der Waals surface area contributed by atoms with E-state index in [0.29, 0.717) is 12.0 Å². The van der Waals surface area contributed by atoms with Gasteiger partial charge in [0.2, 0.25) is 0 Å². The van der Waals surface area contributed by atoms with Gasteiger partial charge in [0.05, 0.1) is 0 Å². The zero-order chi connectivity index (χ0) is 9.56. The summed E-state index contributed by atoms with van der Waals surface area (Å²) in [6.07, 6.45) is 1.18. The summed E-state index contributed by atoms with van der Waals surface area (Å²) in [4.78, 5) is 0. The molecule has 0 saturated carbocycles. The van der Waals surface area contributed by atoms with E-state index in [4.69, 9.17) is 5.73 Å². The van der Waals surface area contributed by atoms with Crippen LogP contribution in [0.4, 0.5) is 0 Å². The number of nitrogens with two attached hydrogens (primary N) is 1. The number of rotatable bonds is 6. The molecule has 0 aliphatic heterocycles. The van der Waals surface area contributed by atoms with Crippen LogP contribution in [0.5, 0.6) is 0 Å². The van der Waals surface area contributed by atoms with Crippen LogP contribution in [0.15, 0.2) is 0 Å². The molecule has 0 heterocycles. The summed E-state index contributed by atoms with van der Waals surface area (Å²) in [5.74, 6) is 1.45. The molecule has 2 heteroatoms. The first-order valence-corrected chi connectivity index (χ1v) is 4.99. The van der Waals surface area contributed by atoms with Crippen LogP contribution in [0.2, 0.25) is 0 Å². The first kappa shape index (κ1) is 11.9. The van der Waals surface area contributed by atoms with E-state index in [0.717, 1.165) is 19.0 Å². The molecule has 0 bridgehead atoms. The highest BCUT2D eigenvalue weighted by Gasteiger charge is 2.08. The van der Waals surface area contributed by atoms with Crippen molar-refractivity contribution in [1.82, 2.24) is 5.32 Å². The average molecular weight is 172 g/mol. The van der Waals surface area contributed by atoms with Gasteiger partial charge < -0.3 is 11.1 Å². The molecule has 0 rings (SSSR count). The fraction of sp³-hybridized carbons (Fsp3) is 1.00. The summed E-state index contributed by atoms with van der Waals surface area (Å²) in [6, 6.07) is 0.507. The van der Waals surface area contributed by atoms with Crippen LogP contribution in [0.25, 0.3) is 0 Å². The van der Waals surface area contributed by atoms with Crippen LogP contribution in [0.3, 0.4) is 0 Å². The quantitative estimate of drug-likeness (QED) is 0.639. The molecule has 74 valence electrons. The van der Waals surface area contributed by atoms with E-state index in [9.17, 15) is 0 Å². The van der Waals surface area contributed by atoms with Gasteiger partial charge in [-0.05, 0) is 24.8 Å². The van der Waals surface area contributed by atoms with Crippen LogP contribution in [-0.4, -0.2) is 19.1 Å². The van der Waals surface area contributed by atoms with Crippen LogP contribution in [0.1, 0.15) is 34.1 Å². The maximum atomic E-state index is 5.64. The lowest BCUT2D eigenvalue weighted by atomic mass is 10.0. The van der Waals surface area contributed by atoms with E-state index < -0.39 is 0 Å². The summed E-state index contributed by atoms with van der Waals surface area (Å²) in [5.41, 5.74) is 5.64. The van der Waals surface area contributed by atoms with Crippen molar-refractivity contribution < 1.29 is 0 Å². The first-order chi connectivity index (χ1) is 5.56. The Bertz CT molecular complexity index is 100. The second-order valence-corrected chi connectivity index (χ2v) is 4.36. The van der Waals surface area contributed by atoms with Crippen molar-refractivity contribution in [2.75, 3.05) is 13.1 Å². The van der Waals surface area contributed by atoms with Gasteiger partial charge in [-0.15, -0.1) is 0 Å². The summed E-state index contributed by atoms with van der Waals surface area (Å²) in [5, 5.41) is 3.48. The lowest BCUT2D eigenvalue weighted by molar-refractivity contribution is 0.401. The third-order valence-electron chi connectivity index (χ3n) is 1.86. The normalized spacial score (nSPS) is 14.2. The molecule has 3 N–H and O–H groups in total. The van der Waals surface area contributed by atoms with Gasteiger partial charge in [0.15, 0.2) is 0 Å². The number of hydrogen-bond acceptors (Lipinski definition) is 2. The minimum Gasteiger partial charge on any atom is -0.329 e. The first-order valence-electron chi connectivity index (χ1n) is 4.99. The van der Waals surface area contributed by atoms with Gasteiger partial charge in [-0.1, -0.05) is 27.7 Å². The zero-order valence-corrected chi connectivity index (χ0v) is 8.93. The Hall–Kier alpha value is -0.0800. The molecule has 2 nitrogen and oxygen atoms in total. The fourth-order valence-corrected chi connectivity index (χ4v) is 1.23. The third kappa shape index (κ3) is 6.62. The molecule has 0 spiro atoms. The van der Waals surface area contributed by atoms with Crippen LogP contribution in [-0.2, 0) is 0 Å². The molecule has 0 saturated heterocycles. The molecule has 0 aromatic heterocycles. The SMILES string of the molecule is CC(C)CNC(CN)CC(C)C. The highest BCUT2D eigenvalue weighted by atomic mass is 14.9. The van der Waals surface area contributed by atoms with E-state index in [1.54, 1.807) is 0 Å². The molecule has 0 amide bonds. The standard InChI is InChI=1S/C10H24N2/c1-8(2)5-10(6-11)12-7-9(3)4/h8-10,12H,5-7,11H2,1-4H3. The van der Waals surface area contributed by atoms with E-state index in [2.05, 4.69) is 33.0 Å². The maximum Gasteiger partial charge on any atom is 0.0192 e. The lowest BCUT2D eigenvalue weighted by Crippen LogP contribution is -2.39. The van der Waals surface area contributed by atoms with Crippen molar-refractivity contribution >= 4 is 0 Å². The van der Waals surface area contributed by atoms with Crippen molar-refractivity contribution in [3.8, 4) is 0 Å². The van der Waals surface area contributed by atoms with Crippen molar-refractivity contribution in [3.05, 3.63) is 0 Å². The maximum absolute atomic E-state index is 5.64. The van der Waals surface area contributed by atoms with E-state index in [1.165, 1.54) is 6.42 Å². The third-order valence-corrected chi connectivity index (χ3v) is 1.86. The Morgan fingerprint density at radius 2 is 1.67 bits per heavy atom. The van der Waals surface area contributed by atoms with Crippen LogP contribution < -0.4 is 11.1 Å². The van der Waals surface area contributed by atoms with E-state index >= 15 is 0 Å². The molecule has 0 fully saturated rings. The molecule has 0 aliphatic carbocycles. The van der Waals surface area contributed by atoms with Crippen molar-refractivity contribution in [3.63, 3.8) is 0 Å². The summed E-state index contributed by atoms with van der Waals surface area (Å²) < 4.78 is 0. The largest absolute Gasteiger partial charge is 0.329 e. The molecule has 0 aliphatic rings. The Morgan fingerprint density at radius 3 is 2.00 bits per heavy atom. The Labute approximate surface area is 76.9 Å². The van der Waals surface area contributed by atoms with Gasteiger partial charge in [-0.2, -0.15) is 0 Å². The van der Waals surface area contributed by atoms with Gasteiger partial charge >= 0.3 is 0 Å². The zero-order valence-electron chi connectivity index (χ0n) is 8.93. The Morgan fingerprint density at radius 1 is 1.08 bits per heavy atom. The van der Waals surface area contributed by atoms with Crippen LogP contribution in [0, 0.1) is 11.8 Å². The molecular weight excluding hydrogens is 148 g/mol. The molecule has 0 aromatic rings. The predicted octanol–water partition coefficient (Wildman–Crippen LogP) is 1.61. The van der Waals surface area contributed by atoms with Crippen molar-refractivity contribution in [2.24, 2.45) is 17.6 Å². The Balaban J connectivity index is 3.53. The number of nitrogens with one attached hydrogen (secondary N) is 1. The highest BCUT2D eigenvalue weighted by molar-refractivity contribution is 4.69. The molecule has 1 unspecified atom stereocenters. The summed E-state index contributed by atoms with van der Waals surface area (Å²) >= 11 is 0. The smallest absolute Gasteiger partial charge is 0.0192 e. The van der Waals surface area contributed by atoms with Crippen LogP contribution >= 0.6 is 0 Å². The minimum atomic E-state index is 0.507. The van der Waals surface area contributed by atoms with Gasteiger partial charge in [0.1, 0.15) is 0 Å². The molecule has 0 aromatic carbocycles. The fourth-order valence-electron chi connectivity index (χ4n) is 1.23. The molecular formula is C10H24N2. The van der Waals surface area contributed by atoms with Gasteiger partial charge in [-0.3, -0.25) is 0 Å². The van der Waals surface area contributed by atoms with Gasteiger partial charge in [-0.25, -0.2) is 0 Å².